The molecule has 1 saturated heterocycles. The molecule has 1 unspecified atom stereocenters. The van der Waals surface area contributed by atoms with E-state index < -0.39 is 0 Å². The van der Waals surface area contributed by atoms with Gasteiger partial charge in [0.25, 0.3) is 5.91 Å². The van der Waals surface area contributed by atoms with Crippen LogP contribution in [0, 0.1) is 24.7 Å². The van der Waals surface area contributed by atoms with Crippen molar-refractivity contribution in [1.82, 2.24) is 10.2 Å². The van der Waals surface area contributed by atoms with Gasteiger partial charge in [-0.3, -0.25) is 4.79 Å². The summed E-state index contributed by atoms with van der Waals surface area (Å²) >= 11 is 0. The van der Waals surface area contributed by atoms with Crippen molar-refractivity contribution in [2.75, 3.05) is 19.6 Å². The normalized spacial score (nSPS) is 22.8. The average Bonchev–Trinajstić information content (AvgIpc) is 3.16. The van der Waals surface area contributed by atoms with Gasteiger partial charge in [-0.25, -0.2) is 0 Å². The van der Waals surface area contributed by atoms with Gasteiger partial charge in [-0.15, -0.1) is 0 Å². The number of carbonyl (C=O) groups is 1. The number of carbonyl (C=O) groups excluding carboxylic acids is 1. The van der Waals surface area contributed by atoms with E-state index in [1.807, 2.05) is 12.1 Å². The summed E-state index contributed by atoms with van der Waals surface area (Å²) in [6, 6.07) is 6.48. The Bertz CT molecular complexity index is 616. The van der Waals surface area contributed by atoms with E-state index in [9.17, 15) is 4.79 Å². The summed E-state index contributed by atoms with van der Waals surface area (Å²) in [5.74, 6) is 0.101. The van der Waals surface area contributed by atoms with Crippen LogP contribution in [0.15, 0.2) is 18.2 Å². The zero-order valence-corrected chi connectivity index (χ0v) is 16.6. The van der Waals surface area contributed by atoms with E-state index in [0.717, 1.165) is 23.1 Å². The first kappa shape index (κ1) is 18.4. The lowest BCUT2D eigenvalue weighted by Gasteiger charge is -2.34. The molecular weight excluding hydrogens is 308 g/mol. The maximum atomic E-state index is 12.6. The molecule has 0 radical (unpaired) electrons. The van der Waals surface area contributed by atoms with Gasteiger partial charge in [-0.2, -0.15) is 0 Å². The van der Waals surface area contributed by atoms with Gasteiger partial charge in [0.05, 0.1) is 0 Å². The van der Waals surface area contributed by atoms with Crippen molar-refractivity contribution in [3.8, 4) is 0 Å². The van der Waals surface area contributed by atoms with Crippen molar-refractivity contribution in [1.29, 1.82) is 0 Å². The summed E-state index contributed by atoms with van der Waals surface area (Å²) in [6.45, 7) is 14.6. The molecule has 1 aliphatic heterocycles. The number of piperidine rings is 1. The first-order valence-corrected chi connectivity index (χ1v) is 9.78. The van der Waals surface area contributed by atoms with Crippen LogP contribution in [-0.2, 0) is 0 Å². The molecule has 25 heavy (non-hydrogen) atoms. The fraction of sp³-hybridized carbons (Fsp3) is 0.682. The first-order valence-electron chi connectivity index (χ1n) is 9.78. The fourth-order valence-electron chi connectivity index (χ4n) is 4.17. The van der Waals surface area contributed by atoms with Crippen LogP contribution in [0.3, 0.4) is 0 Å². The molecule has 1 spiro atoms. The van der Waals surface area contributed by atoms with Gasteiger partial charge in [-0.05, 0) is 82.1 Å². The van der Waals surface area contributed by atoms with E-state index in [0.29, 0.717) is 16.9 Å². The monoisotopic (exact) mass is 342 g/mol. The maximum absolute atomic E-state index is 12.6. The van der Waals surface area contributed by atoms with Crippen molar-refractivity contribution in [2.45, 2.75) is 66.3 Å². The number of hydrogen-bond donors (Lipinski definition) is 1. The predicted octanol–water partition coefficient (Wildman–Crippen LogP) is 4.32. The lowest BCUT2D eigenvalue weighted by Crippen LogP contribution is -2.39. The first-order chi connectivity index (χ1) is 11.7. The summed E-state index contributed by atoms with van der Waals surface area (Å²) < 4.78 is 0. The van der Waals surface area contributed by atoms with Crippen LogP contribution in [0.1, 0.15) is 67.9 Å². The van der Waals surface area contributed by atoms with Crippen LogP contribution in [0.2, 0.25) is 0 Å². The van der Waals surface area contributed by atoms with Crippen LogP contribution >= 0.6 is 0 Å². The van der Waals surface area contributed by atoms with E-state index in [2.05, 4.69) is 50.9 Å². The second kappa shape index (κ2) is 6.75. The molecule has 3 rings (SSSR count). The summed E-state index contributed by atoms with van der Waals surface area (Å²) in [7, 11) is 0. The Hall–Kier alpha value is -1.35. The largest absolute Gasteiger partial charge is 0.349 e. The number of nitrogens with one attached hydrogen (secondary N) is 1. The van der Waals surface area contributed by atoms with E-state index in [4.69, 9.17) is 0 Å². The van der Waals surface area contributed by atoms with Crippen molar-refractivity contribution in [2.24, 2.45) is 10.8 Å². The Kier molecular flexibility index (Phi) is 4.98. The number of hydrogen-bond acceptors (Lipinski definition) is 2. The molecule has 2 aliphatic rings. The highest BCUT2D eigenvalue weighted by Crippen LogP contribution is 2.54. The molecule has 1 amide bonds. The average molecular weight is 343 g/mol. The molecule has 1 heterocycles. The van der Waals surface area contributed by atoms with Gasteiger partial charge < -0.3 is 10.2 Å². The van der Waals surface area contributed by atoms with Crippen LogP contribution < -0.4 is 5.32 Å². The van der Waals surface area contributed by atoms with E-state index >= 15 is 0 Å². The number of likely N-dealkylation sites (tertiary alicyclic amines) is 1. The molecule has 1 aliphatic carbocycles. The Balaban J connectivity index is 1.49. The molecule has 1 atom stereocenters. The summed E-state index contributed by atoms with van der Waals surface area (Å²) in [4.78, 5) is 15.2. The van der Waals surface area contributed by atoms with E-state index in [-0.39, 0.29) is 5.91 Å². The third-order valence-corrected chi connectivity index (χ3v) is 6.01. The molecule has 3 nitrogen and oxygen atoms in total. The zero-order chi connectivity index (χ0) is 18.2. The SMILES string of the molecule is Cc1cc(C)cc(C(=O)NC2CC23CCN(CCC(C)(C)C)CC3)c1. The molecular formula is C22H34N2O. The van der Waals surface area contributed by atoms with E-state index in [1.165, 1.54) is 38.9 Å². The molecule has 0 bridgehead atoms. The molecule has 0 aromatic heterocycles. The number of aryl methyl sites for hydroxylation is 2. The Morgan fingerprint density at radius 3 is 2.32 bits per heavy atom. The lowest BCUT2D eigenvalue weighted by molar-refractivity contribution is 0.0932. The Labute approximate surface area is 153 Å². The Morgan fingerprint density at radius 2 is 1.76 bits per heavy atom. The standard InChI is InChI=1S/C22H34N2O/c1-16-12-17(2)14-18(13-16)20(25)23-19-15-22(19)7-10-24(11-8-22)9-6-21(3,4)5/h12-14,19H,6-11,15H2,1-5H3,(H,23,25). The van der Waals surface area contributed by atoms with Gasteiger partial charge in [0.1, 0.15) is 0 Å². The summed E-state index contributed by atoms with van der Waals surface area (Å²) in [6.07, 6.45) is 4.88. The molecule has 1 aromatic rings. The molecule has 1 aromatic carbocycles. The van der Waals surface area contributed by atoms with Crippen LogP contribution in [0.5, 0.6) is 0 Å². The van der Waals surface area contributed by atoms with Gasteiger partial charge in [0.2, 0.25) is 0 Å². The quantitative estimate of drug-likeness (QED) is 0.883. The third kappa shape index (κ3) is 4.63. The highest BCUT2D eigenvalue weighted by atomic mass is 16.1. The maximum Gasteiger partial charge on any atom is 0.251 e. The highest BCUT2D eigenvalue weighted by Gasteiger charge is 2.55. The second-order valence-corrected chi connectivity index (χ2v) is 9.62. The zero-order valence-electron chi connectivity index (χ0n) is 16.6. The number of benzene rings is 1. The lowest BCUT2D eigenvalue weighted by atomic mass is 9.89. The van der Waals surface area contributed by atoms with Crippen molar-refractivity contribution >= 4 is 5.91 Å². The van der Waals surface area contributed by atoms with Crippen LogP contribution in [-0.4, -0.2) is 36.5 Å². The molecule has 138 valence electrons. The molecule has 3 heteroatoms. The van der Waals surface area contributed by atoms with Crippen molar-refractivity contribution < 1.29 is 4.79 Å². The third-order valence-electron chi connectivity index (χ3n) is 6.01. The number of nitrogens with zero attached hydrogens (tertiary/aromatic N) is 1. The molecule has 1 N–H and O–H groups in total. The van der Waals surface area contributed by atoms with E-state index in [1.54, 1.807) is 0 Å². The molecule has 2 fully saturated rings. The van der Waals surface area contributed by atoms with Gasteiger partial charge in [0.15, 0.2) is 0 Å². The predicted molar refractivity (Wildman–Crippen MR) is 104 cm³/mol. The minimum absolute atomic E-state index is 0.101. The van der Waals surface area contributed by atoms with Crippen LogP contribution in [0.4, 0.5) is 0 Å². The van der Waals surface area contributed by atoms with Crippen LogP contribution in [0.25, 0.3) is 0 Å². The van der Waals surface area contributed by atoms with Crippen molar-refractivity contribution in [3.05, 3.63) is 34.9 Å². The number of amides is 1. The Morgan fingerprint density at radius 1 is 1.16 bits per heavy atom. The minimum Gasteiger partial charge on any atom is -0.349 e. The van der Waals surface area contributed by atoms with Gasteiger partial charge in [0, 0.05) is 11.6 Å². The smallest absolute Gasteiger partial charge is 0.251 e. The number of rotatable bonds is 4. The highest BCUT2D eigenvalue weighted by molar-refractivity contribution is 5.95. The minimum atomic E-state index is 0.101. The fourth-order valence-corrected chi connectivity index (χ4v) is 4.17. The van der Waals surface area contributed by atoms with Gasteiger partial charge in [-0.1, -0.05) is 38.0 Å². The second-order valence-electron chi connectivity index (χ2n) is 9.62. The topological polar surface area (TPSA) is 32.3 Å². The molecule has 1 saturated carbocycles. The summed E-state index contributed by atoms with van der Waals surface area (Å²) in [5.41, 5.74) is 3.91. The summed E-state index contributed by atoms with van der Waals surface area (Å²) in [5, 5.41) is 3.30. The van der Waals surface area contributed by atoms with Crippen molar-refractivity contribution in [3.63, 3.8) is 0 Å². The van der Waals surface area contributed by atoms with Gasteiger partial charge >= 0.3 is 0 Å².